The van der Waals surface area contributed by atoms with Gasteiger partial charge in [-0.3, -0.25) is 9.59 Å². The number of aryl methyl sites for hydroxylation is 2. The van der Waals surface area contributed by atoms with E-state index < -0.39 is 17.6 Å². The third-order valence-corrected chi connectivity index (χ3v) is 5.33. The number of benzene rings is 3. The van der Waals surface area contributed by atoms with Gasteiger partial charge in [0.25, 0.3) is 11.8 Å². The molecule has 0 unspecified atom stereocenters. The smallest absolute Gasteiger partial charge is 0.282 e. The van der Waals surface area contributed by atoms with Crippen molar-refractivity contribution in [1.29, 1.82) is 0 Å². The predicted octanol–water partition coefficient (Wildman–Crippen LogP) is 4.86. The Morgan fingerprint density at radius 3 is 2.03 bits per heavy atom. The van der Waals surface area contributed by atoms with E-state index in [-0.39, 0.29) is 17.0 Å². The van der Waals surface area contributed by atoms with Gasteiger partial charge in [-0.1, -0.05) is 12.1 Å². The first kappa shape index (κ1) is 22.1. The molecule has 3 aromatic carbocycles. The number of imide groups is 1. The van der Waals surface area contributed by atoms with Crippen LogP contribution in [0.2, 0.25) is 0 Å². The summed E-state index contributed by atoms with van der Waals surface area (Å²) in [5.41, 5.74) is 3.79. The summed E-state index contributed by atoms with van der Waals surface area (Å²) in [4.78, 5) is 28.0. The highest BCUT2D eigenvalue weighted by molar-refractivity contribution is 6.46. The molecule has 0 radical (unpaired) electrons. The zero-order chi connectivity index (χ0) is 23.7. The van der Waals surface area contributed by atoms with E-state index in [9.17, 15) is 14.0 Å². The van der Waals surface area contributed by atoms with E-state index in [1.54, 1.807) is 18.2 Å². The van der Waals surface area contributed by atoms with Crippen LogP contribution in [0, 0.1) is 19.7 Å². The lowest BCUT2D eigenvalue weighted by molar-refractivity contribution is -0.120. The Hall–Kier alpha value is -4.13. The fourth-order valence-electron chi connectivity index (χ4n) is 3.92. The maximum Gasteiger partial charge on any atom is 0.282 e. The van der Waals surface area contributed by atoms with Crippen LogP contribution < -0.4 is 19.7 Å². The summed E-state index contributed by atoms with van der Waals surface area (Å²) in [6.45, 7) is 3.91. The minimum absolute atomic E-state index is 0.126. The quantitative estimate of drug-likeness (QED) is 0.548. The van der Waals surface area contributed by atoms with Crippen LogP contribution >= 0.6 is 0 Å². The number of hydrogen-bond donors (Lipinski definition) is 1. The topological polar surface area (TPSA) is 67.9 Å². The highest BCUT2D eigenvalue weighted by atomic mass is 19.1. The van der Waals surface area contributed by atoms with E-state index in [1.165, 1.54) is 38.5 Å². The van der Waals surface area contributed by atoms with Gasteiger partial charge in [0.05, 0.1) is 25.5 Å². The number of nitrogens with zero attached hydrogens (tertiary/aromatic N) is 1. The van der Waals surface area contributed by atoms with Gasteiger partial charge in [0.15, 0.2) is 11.5 Å². The van der Waals surface area contributed by atoms with Crippen LogP contribution in [0.1, 0.15) is 16.7 Å². The number of ether oxygens (including phenoxy) is 2. The van der Waals surface area contributed by atoms with E-state index in [1.807, 2.05) is 32.0 Å². The van der Waals surface area contributed by atoms with Crippen molar-refractivity contribution in [2.24, 2.45) is 0 Å². The summed E-state index contributed by atoms with van der Waals surface area (Å²) in [6.07, 6.45) is 0. The Morgan fingerprint density at radius 1 is 0.788 bits per heavy atom. The average molecular weight is 446 g/mol. The molecule has 1 N–H and O–H groups in total. The monoisotopic (exact) mass is 446 g/mol. The van der Waals surface area contributed by atoms with E-state index in [4.69, 9.17) is 9.47 Å². The fraction of sp³-hybridized carbons (Fsp3) is 0.154. The van der Waals surface area contributed by atoms with Crippen molar-refractivity contribution >= 4 is 28.8 Å². The van der Waals surface area contributed by atoms with Crippen molar-refractivity contribution in [3.8, 4) is 11.5 Å². The van der Waals surface area contributed by atoms with Crippen molar-refractivity contribution in [3.05, 3.63) is 88.9 Å². The summed E-state index contributed by atoms with van der Waals surface area (Å²) in [5.74, 6) is -0.590. The standard InChI is InChI=1S/C26H23FN2O4/c1-15-11-16(2)13-19(12-15)28-24-23(17-5-10-21(32-3)22(14-17)33-4)25(30)29(26(24)31)20-8-6-18(27)7-9-20/h5-14,28H,1-4H3. The summed E-state index contributed by atoms with van der Waals surface area (Å²) >= 11 is 0. The predicted molar refractivity (Wildman–Crippen MR) is 125 cm³/mol. The summed E-state index contributed by atoms with van der Waals surface area (Å²) < 4.78 is 24.2. The van der Waals surface area contributed by atoms with Crippen molar-refractivity contribution in [2.45, 2.75) is 13.8 Å². The highest BCUT2D eigenvalue weighted by Crippen LogP contribution is 2.37. The summed E-state index contributed by atoms with van der Waals surface area (Å²) in [6, 6.07) is 16.0. The molecule has 0 atom stereocenters. The van der Waals surface area contributed by atoms with Gasteiger partial charge >= 0.3 is 0 Å². The van der Waals surface area contributed by atoms with Crippen LogP contribution in [-0.2, 0) is 9.59 Å². The number of methoxy groups -OCH3 is 2. The third-order valence-electron chi connectivity index (χ3n) is 5.33. The molecule has 7 heteroatoms. The molecular formula is C26H23FN2O4. The maximum absolute atomic E-state index is 13.5. The molecule has 6 nitrogen and oxygen atoms in total. The first-order valence-electron chi connectivity index (χ1n) is 10.3. The highest BCUT2D eigenvalue weighted by Gasteiger charge is 2.40. The lowest BCUT2D eigenvalue weighted by atomic mass is 10.0. The molecule has 3 aromatic rings. The summed E-state index contributed by atoms with van der Waals surface area (Å²) in [5, 5.41) is 3.15. The lowest BCUT2D eigenvalue weighted by Crippen LogP contribution is -2.32. The number of halogens is 1. The second kappa shape index (κ2) is 8.78. The molecule has 0 aliphatic carbocycles. The van der Waals surface area contributed by atoms with Crippen LogP contribution in [0.25, 0.3) is 5.57 Å². The lowest BCUT2D eigenvalue weighted by Gasteiger charge is -2.15. The van der Waals surface area contributed by atoms with E-state index in [2.05, 4.69) is 5.32 Å². The second-order valence-electron chi connectivity index (χ2n) is 7.74. The molecule has 0 saturated carbocycles. The van der Waals surface area contributed by atoms with Gasteiger partial charge in [-0.05, 0) is 79.1 Å². The van der Waals surface area contributed by atoms with Crippen LogP contribution in [0.3, 0.4) is 0 Å². The van der Waals surface area contributed by atoms with Gasteiger partial charge in [-0.25, -0.2) is 9.29 Å². The van der Waals surface area contributed by atoms with Gasteiger partial charge in [0.1, 0.15) is 11.5 Å². The number of amides is 2. The molecule has 0 fully saturated rings. The Balaban J connectivity index is 1.86. The minimum atomic E-state index is -0.532. The van der Waals surface area contributed by atoms with Crippen molar-refractivity contribution in [3.63, 3.8) is 0 Å². The zero-order valence-corrected chi connectivity index (χ0v) is 18.7. The number of rotatable bonds is 6. The van der Waals surface area contributed by atoms with Gasteiger partial charge in [-0.15, -0.1) is 0 Å². The van der Waals surface area contributed by atoms with E-state index in [0.717, 1.165) is 16.0 Å². The van der Waals surface area contributed by atoms with Gasteiger partial charge in [0, 0.05) is 5.69 Å². The minimum Gasteiger partial charge on any atom is -0.493 e. The van der Waals surface area contributed by atoms with Crippen molar-refractivity contribution < 1.29 is 23.5 Å². The fourth-order valence-corrected chi connectivity index (χ4v) is 3.92. The number of carbonyl (C=O) groups excluding carboxylic acids is 2. The number of hydrogen-bond acceptors (Lipinski definition) is 5. The zero-order valence-electron chi connectivity index (χ0n) is 18.7. The number of carbonyl (C=O) groups is 2. The molecule has 2 amide bonds. The summed E-state index contributed by atoms with van der Waals surface area (Å²) in [7, 11) is 3.02. The number of nitrogens with one attached hydrogen (secondary N) is 1. The molecule has 168 valence electrons. The van der Waals surface area contributed by atoms with Crippen LogP contribution in [0.15, 0.2) is 66.4 Å². The Morgan fingerprint density at radius 2 is 1.42 bits per heavy atom. The molecule has 0 saturated heterocycles. The average Bonchev–Trinajstić information content (AvgIpc) is 3.02. The molecule has 1 heterocycles. The van der Waals surface area contributed by atoms with Gasteiger partial charge in [0.2, 0.25) is 0 Å². The molecule has 33 heavy (non-hydrogen) atoms. The third kappa shape index (κ3) is 4.17. The van der Waals surface area contributed by atoms with Crippen LogP contribution in [0.4, 0.5) is 15.8 Å². The molecule has 0 bridgehead atoms. The SMILES string of the molecule is COc1ccc(C2=C(Nc3cc(C)cc(C)c3)C(=O)N(c3ccc(F)cc3)C2=O)cc1OC. The van der Waals surface area contributed by atoms with Gasteiger partial charge < -0.3 is 14.8 Å². The maximum atomic E-state index is 13.5. The molecule has 4 rings (SSSR count). The first-order chi connectivity index (χ1) is 15.8. The van der Waals surface area contributed by atoms with Crippen LogP contribution in [-0.4, -0.2) is 26.0 Å². The molecular weight excluding hydrogens is 423 g/mol. The first-order valence-corrected chi connectivity index (χ1v) is 10.3. The van der Waals surface area contributed by atoms with Crippen molar-refractivity contribution in [1.82, 2.24) is 0 Å². The molecule has 1 aliphatic rings. The van der Waals surface area contributed by atoms with Crippen LogP contribution in [0.5, 0.6) is 11.5 Å². The molecule has 0 aromatic heterocycles. The second-order valence-corrected chi connectivity index (χ2v) is 7.74. The molecule has 1 aliphatic heterocycles. The van der Waals surface area contributed by atoms with E-state index >= 15 is 0 Å². The largest absolute Gasteiger partial charge is 0.493 e. The van der Waals surface area contributed by atoms with Crippen molar-refractivity contribution in [2.75, 3.05) is 24.4 Å². The Labute approximate surface area is 191 Å². The Bertz CT molecular complexity index is 1260. The Kier molecular flexibility index (Phi) is 5.87. The van der Waals surface area contributed by atoms with Gasteiger partial charge in [-0.2, -0.15) is 0 Å². The normalized spacial score (nSPS) is 13.5. The number of anilines is 2. The molecule has 0 spiro atoms. The van der Waals surface area contributed by atoms with E-state index in [0.29, 0.717) is 22.7 Å².